The van der Waals surface area contributed by atoms with Crippen LogP contribution in [0.25, 0.3) is 0 Å². The smallest absolute Gasteiger partial charge is 0.0442 e. The van der Waals surface area contributed by atoms with Crippen LogP contribution in [0.15, 0.2) is 24.3 Å². The summed E-state index contributed by atoms with van der Waals surface area (Å²) in [7, 11) is 1.94. The molecule has 0 heterocycles. The van der Waals surface area contributed by atoms with E-state index in [1.54, 1.807) is 0 Å². The van der Waals surface area contributed by atoms with E-state index in [2.05, 4.69) is 36.5 Å². The van der Waals surface area contributed by atoms with Crippen LogP contribution in [0.3, 0.4) is 0 Å². The minimum Gasteiger partial charge on any atom is -0.329 e. The van der Waals surface area contributed by atoms with E-state index >= 15 is 0 Å². The van der Waals surface area contributed by atoms with E-state index in [9.17, 15) is 0 Å². The highest BCUT2D eigenvalue weighted by Gasteiger charge is 2.05. The van der Waals surface area contributed by atoms with Gasteiger partial charge in [0.2, 0.25) is 0 Å². The van der Waals surface area contributed by atoms with Crippen molar-refractivity contribution in [2.75, 3.05) is 13.6 Å². The fourth-order valence-corrected chi connectivity index (χ4v) is 1.41. The molecule has 0 aliphatic heterocycles. The Labute approximate surface area is 80.1 Å². The van der Waals surface area contributed by atoms with Crippen LogP contribution >= 0.6 is 0 Å². The predicted octanol–water partition coefficient (Wildman–Crippen LogP) is 1.47. The zero-order valence-electron chi connectivity index (χ0n) is 8.38. The van der Waals surface area contributed by atoms with E-state index in [0.717, 1.165) is 6.42 Å². The Balaban J connectivity index is 2.78. The molecule has 0 aliphatic rings. The molecule has 0 fully saturated rings. The molecule has 0 unspecified atom stereocenters. The van der Waals surface area contributed by atoms with Gasteiger partial charge >= 0.3 is 0 Å². The van der Waals surface area contributed by atoms with Gasteiger partial charge in [-0.2, -0.15) is 0 Å². The molecule has 1 aromatic rings. The fourth-order valence-electron chi connectivity index (χ4n) is 1.41. The van der Waals surface area contributed by atoms with Gasteiger partial charge in [-0.05, 0) is 24.6 Å². The minimum absolute atomic E-state index is 0.283. The molecule has 2 heteroatoms. The van der Waals surface area contributed by atoms with Gasteiger partial charge < -0.3 is 11.1 Å². The van der Waals surface area contributed by atoms with Crippen molar-refractivity contribution in [3.8, 4) is 0 Å². The molecule has 0 radical (unpaired) electrons. The zero-order chi connectivity index (χ0) is 9.68. The van der Waals surface area contributed by atoms with E-state index in [-0.39, 0.29) is 6.04 Å². The summed E-state index contributed by atoms with van der Waals surface area (Å²) in [6.07, 6.45) is 1.09. The van der Waals surface area contributed by atoms with Crippen LogP contribution in [0.5, 0.6) is 0 Å². The Morgan fingerprint density at radius 2 is 1.92 bits per heavy atom. The SMILES string of the molecule is CCc1ccc([C@H](CN)NC)cc1. The summed E-state index contributed by atoms with van der Waals surface area (Å²) in [6.45, 7) is 2.80. The third kappa shape index (κ3) is 2.54. The number of likely N-dealkylation sites (N-methyl/N-ethyl adjacent to an activating group) is 1. The number of hydrogen-bond donors (Lipinski definition) is 2. The Morgan fingerprint density at radius 1 is 1.31 bits per heavy atom. The van der Waals surface area contributed by atoms with Crippen LogP contribution in [0, 0.1) is 0 Å². The quantitative estimate of drug-likeness (QED) is 0.732. The molecule has 3 N–H and O–H groups in total. The van der Waals surface area contributed by atoms with Crippen molar-refractivity contribution in [3.05, 3.63) is 35.4 Å². The van der Waals surface area contributed by atoms with Crippen molar-refractivity contribution in [2.45, 2.75) is 19.4 Å². The highest BCUT2D eigenvalue weighted by atomic mass is 14.9. The van der Waals surface area contributed by atoms with Crippen LogP contribution in [0.2, 0.25) is 0 Å². The van der Waals surface area contributed by atoms with E-state index in [0.29, 0.717) is 6.54 Å². The highest BCUT2D eigenvalue weighted by Crippen LogP contribution is 2.12. The second-order valence-corrected chi connectivity index (χ2v) is 3.17. The lowest BCUT2D eigenvalue weighted by Crippen LogP contribution is -2.24. The second-order valence-electron chi connectivity index (χ2n) is 3.17. The molecule has 13 heavy (non-hydrogen) atoms. The fraction of sp³-hybridized carbons (Fsp3) is 0.455. The van der Waals surface area contributed by atoms with Crippen molar-refractivity contribution in [3.63, 3.8) is 0 Å². The van der Waals surface area contributed by atoms with Gasteiger partial charge in [0.25, 0.3) is 0 Å². The van der Waals surface area contributed by atoms with Crippen molar-refractivity contribution in [1.82, 2.24) is 5.32 Å². The first-order valence-corrected chi connectivity index (χ1v) is 4.78. The summed E-state index contributed by atoms with van der Waals surface area (Å²) in [5, 5.41) is 3.18. The van der Waals surface area contributed by atoms with Gasteiger partial charge in [0, 0.05) is 12.6 Å². The van der Waals surface area contributed by atoms with Crippen molar-refractivity contribution in [2.24, 2.45) is 5.73 Å². The first kappa shape index (κ1) is 10.2. The Hall–Kier alpha value is -0.860. The molecule has 0 aromatic heterocycles. The molecular formula is C11H18N2. The summed E-state index contributed by atoms with van der Waals surface area (Å²) < 4.78 is 0. The Morgan fingerprint density at radius 3 is 2.31 bits per heavy atom. The standard InChI is InChI=1S/C11H18N2/c1-3-9-4-6-10(7-5-9)11(8-12)13-2/h4-7,11,13H,3,8,12H2,1-2H3/t11-/m0/s1. The normalized spacial score (nSPS) is 12.8. The maximum atomic E-state index is 5.62. The van der Waals surface area contributed by atoms with Crippen LogP contribution in [-0.2, 0) is 6.42 Å². The predicted molar refractivity (Wildman–Crippen MR) is 56.7 cm³/mol. The van der Waals surface area contributed by atoms with Crippen LogP contribution < -0.4 is 11.1 Å². The van der Waals surface area contributed by atoms with E-state index in [4.69, 9.17) is 5.73 Å². The second kappa shape index (κ2) is 5.00. The van der Waals surface area contributed by atoms with E-state index < -0.39 is 0 Å². The lowest BCUT2D eigenvalue weighted by atomic mass is 10.0. The van der Waals surface area contributed by atoms with Gasteiger partial charge in [0.05, 0.1) is 0 Å². The molecule has 1 rings (SSSR count). The number of rotatable bonds is 4. The highest BCUT2D eigenvalue weighted by molar-refractivity contribution is 5.25. The molecule has 1 atom stereocenters. The third-order valence-electron chi connectivity index (χ3n) is 2.37. The molecular weight excluding hydrogens is 160 g/mol. The average Bonchev–Trinajstić information content (AvgIpc) is 2.21. The molecule has 0 saturated carbocycles. The molecule has 1 aromatic carbocycles. The van der Waals surface area contributed by atoms with Gasteiger partial charge in [0.1, 0.15) is 0 Å². The topological polar surface area (TPSA) is 38.0 Å². The first-order valence-electron chi connectivity index (χ1n) is 4.78. The lowest BCUT2D eigenvalue weighted by Gasteiger charge is -2.14. The van der Waals surface area contributed by atoms with Gasteiger partial charge in [-0.25, -0.2) is 0 Å². The molecule has 2 nitrogen and oxygen atoms in total. The average molecular weight is 178 g/mol. The maximum Gasteiger partial charge on any atom is 0.0442 e. The summed E-state index contributed by atoms with van der Waals surface area (Å²) in [6, 6.07) is 8.90. The van der Waals surface area contributed by atoms with Gasteiger partial charge in [-0.15, -0.1) is 0 Å². The molecule has 72 valence electrons. The lowest BCUT2D eigenvalue weighted by molar-refractivity contribution is 0.605. The zero-order valence-corrected chi connectivity index (χ0v) is 8.38. The third-order valence-corrected chi connectivity index (χ3v) is 2.37. The summed E-state index contributed by atoms with van der Waals surface area (Å²) >= 11 is 0. The molecule has 0 amide bonds. The minimum atomic E-state index is 0.283. The Kier molecular flexibility index (Phi) is 3.93. The van der Waals surface area contributed by atoms with Gasteiger partial charge in [0.15, 0.2) is 0 Å². The molecule has 0 bridgehead atoms. The molecule has 0 saturated heterocycles. The Bertz CT molecular complexity index is 237. The van der Waals surface area contributed by atoms with Crippen LogP contribution in [0.4, 0.5) is 0 Å². The van der Waals surface area contributed by atoms with Crippen LogP contribution in [0.1, 0.15) is 24.1 Å². The molecule has 0 aliphatic carbocycles. The first-order chi connectivity index (χ1) is 6.31. The largest absolute Gasteiger partial charge is 0.329 e. The van der Waals surface area contributed by atoms with Gasteiger partial charge in [-0.1, -0.05) is 31.2 Å². The number of aryl methyl sites for hydroxylation is 1. The monoisotopic (exact) mass is 178 g/mol. The number of nitrogens with two attached hydrogens (primary N) is 1. The summed E-state index contributed by atoms with van der Waals surface area (Å²) in [5.41, 5.74) is 8.26. The maximum absolute atomic E-state index is 5.62. The molecule has 0 spiro atoms. The summed E-state index contributed by atoms with van der Waals surface area (Å²) in [4.78, 5) is 0. The van der Waals surface area contributed by atoms with Crippen molar-refractivity contribution >= 4 is 0 Å². The van der Waals surface area contributed by atoms with Crippen molar-refractivity contribution in [1.29, 1.82) is 0 Å². The van der Waals surface area contributed by atoms with Crippen LogP contribution in [-0.4, -0.2) is 13.6 Å². The van der Waals surface area contributed by atoms with Crippen molar-refractivity contribution < 1.29 is 0 Å². The number of hydrogen-bond acceptors (Lipinski definition) is 2. The van der Waals surface area contributed by atoms with Gasteiger partial charge in [-0.3, -0.25) is 0 Å². The summed E-state index contributed by atoms with van der Waals surface area (Å²) in [5.74, 6) is 0. The van der Waals surface area contributed by atoms with E-state index in [1.165, 1.54) is 11.1 Å². The number of nitrogens with one attached hydrogen (secondary N) is 1. The van der Waals surface area contributed by atoms with E-state index in [1.807, 2.05) is 7.05 Å². The number of benzene rings is 1.